The van der Waals surface area contributed by atoms with E-state index in [9.17, 15) is 9.59 Å². The normalized spacial score (nSPS) is 13.8. The monoisotopic (exact) mass is 384 g/mol. The average molecular weight is 384 g/mol. The predicted molar refractivity (Wildman–Crippen MR) is 105 cm³/mol. The molecule has 1 N–H and O–H groups in total. The summed E-state index contributed by atoms with van der Waals surface area (Å²) in [6, 6.07) is 9.00. The van der Waals surface area contributed by atoms with E-state index in [1.165, 1.54) is 0 Å². The first-order valence-corrected chi connectivity index (χ1v) is 9.04. The fraction of sp³-hybridized carbons (Fsp3) is 0.350. The molecule has 8 nitrogen and oxygen atoms in total. The second kappa shape index (κ2) is 9.07. The van der Waals surface area contributed by atoms with Crippen LogP contribution in [-0.2, 0) is 11.3 Å². The first-order chi connectivity index (χ1) is 13.6. The SMILES string of the molecule is COc1ccc(CNC(=O)c2ccnc(N3CCN(C=O)CC3)c2)cc1OC. The Bertz CT molecular complexity index is 835. The van der Waals surface area contributed by atoms with Gasteiger partial charge in [-0.1, -0.05) is 6.07 Å². The van der Waals surface area contributed by atoms with Crippen molar-refractivity contribution in [3.8, 4) is 11.5 Å². The van der Waals surface area contributed by atoms with Crippen LogP contribution < -0.4 is 19.7 Å². The third-order valence-corrected chi connectivity index (χ3v) is 4.70. The highest BCUT2D eigenvalue weighted by atomic mass is 16.5. The number of ether oxygens (including phenoxy) is 2. The first kappa shape index (κ1) is 19.5. The van der Waals surface area contributed by atoms with E-state index in [1.807, 2.05) is 18.2 Å². The lowest BCUT2D eigenvalue weighted by Crippen LogP contribution is -2.46. The van der Waals surface area contributed by atoms with Crippen LogP contribution in [0.5, 0.6) is 11.5 Å². The fourth-order valence-electron chi connectivity index (χ4n) is 3.06. The Kier molecular flexibility index (Phi) is 6.31. The maximum atomic E-state index is 12.6. The van der Waals surface area contributed by atoms with Gasteiger partial charge in [0.1, 0.15) is 5.82 Å². The van der Waals surface area contributed by atoms with Gasteiger partial charge in [0.2, 0.25) is 6.41 Å². The number of carbonyl (C=O) groups excluding carboxylic acids is 2. The largest absolute Gasteiger partial charge is 0.493 e. The number of nitrogens with zero attached hydrogens (tertiary/aromatic N) is 3. The van der Waals surface area contributed by atoms with Crippen molar-refractivity contribution in [2.45, 2.75) is 6.54 Å². The second-order valence-corrected chi connectivity index (χ2v) is 6.40. The minimum Gasteiger partial charge on any atom is -0.493 e. The summed E-state index contributed by atoms with van der Waals surface area (Å²) in [5.74, 6) is 1.83. The number of amides is 2. The number of pyridine rings is 1. The van der Waals surface area contributed by atoms with Crippen molar-refractivity contribution in [2.24, 2.45) is 0 Å². The van der Waals surface area contributed by atoms with Crippen molar-refractivity contribution in [3.05, 3.63) is 47.7 Å². The third-order valence-electron chi connectivity index (χ3n) is 4.70. The van der Waals surface area contributed by atoms with Crippen LogP contribution in [0.25, 0.3) is 0 Å². The Hall–Kier alpha value is -3.29. The molecular formula is C20H24N4O4. The Morgan fingerprint density at radius 3 is 2.54 bits per heavy atom. The highest BCUT2D eigenvalue weighted by Crippen LogP contribution is 2.27. The van der Waals surface area contributed by atoms with E-state index in [4.69, 9.17) is 9.47 Å². The summed E-state index contributed by atoms with van der Waals surface area (Å²) in [5.41, 5.74) is 1.45. The van der Waals surface area contributed by atoms with Gasteiger partial charge in [0.05, 0.1) is 14.2 Å². The van der Waals surface area contributed by atoms with Crippen molar-refractivity contribution in [1.82, 2.24) is 15.2 Å². The molecule has 1 aromatic heterocycles. The Labute approximate surface area is 164 Å². The van der Waals surface area contributed by atoms with Crippen LogP contribution in [0.15, 0.2) is 36.5 Å². The van der Waals surface area contributed by atoms with Gasteiger partial charge >= 0.3 is 0 Å². The quantitative estimate of drug-likeness (QED) is 0.725. The highest BCUT2D eigenvalue weighted by Gasteiger charge is 2.18. The summed E-state index contributed by atoms with van der Waals surface area (Å²) in [7, 11) is 3.16. The van der Waals surface area contributed by atoms with Gasteiger partial charge in [-0.25, -0.2) is 4.98 Å². The summed E-state index contributed by atoms with van der Waals surface area (Å²) in [6.45, 7) is 3.07. The average Bonchev–Trinajstić information content (AvgIpc) is 2.77. The van der Waals surface area contributed by atoms with Gasteiger partial charge in [0.15, 0.2) is 11.5 Å². The summed E-state index contributed by atoms with van der Waals surface area (Å²) < 4.78 is 10.5. The number of hydrogen-bond acceptors (Lipinski definition) is 6. The molecule has 3 rings (SSSR count). The second-order valence-electron chi connectivity index (χ2n) is 6.40. The molecule has 8 heteroatoms. The van der Waals surface area contributed by atoms with Gasteiger partial charge in [-0.15, -0.1) is 0 Å². The predicted octanol–water partition coefficient (Wildman–Crippen LogP) is 1.31. The molecule has 0 saturated carbocycles. The minimum atomic E-state index is -0.176. The van der Waals surface area contributed by atoms with Gasteiger partial charge in [-0.05, 0) is 29.8 Å². The number of aromatic nitrogens is 1. The maximum Gasteiger partial charge on any atom is 0.251 e. The van der Waals surface area contributed by atoms with Gasteiger partial charge in [-0.2, -0.15) is 0 Å². The molecule has 2 amide bonds. The molecule has 0 spiro atoms. The molecule has 1 aromatic carbocycles. The van der Waals surface area contributed by atoms with E-state index in [2.05, 4.69) is 15.2 Å². The molecule has 2 aromatic rings. The van der Waals surface area contributed by atoms with Gasteiger partial charge in [0, 0.05) is 44.5 Å². The van der Waals surface area contributed by atoms with E-state index >= 15 is 0 Å². The van der Waals surface area contributed by atoms with E-state index < -0.39 is 0 Å². The van der Waals surface area contributed by atoms with Crippen LogP contribution in [0.4, 0.5) is 5.82 Å². The molecule has 1 aliphatic rings. The molecule has 0 aliphatic carbocycles. The van der Waals surface area contributed by atoms with E-state index in [0.717, 1.165) is 17.8 Å². The molecule has 2 heterocycles. The number of nitrogens with one attached hydrogen (secondary N) is 1. The molecule has 0 atom stereocenters. The molecule has 0 radical (unpaired) electrons. The van der Waals surface area contributed by atoms with Crippen LogP contribution in [0.3, 0.4) is 0 Å². The molecule has 1 aliphatic heterocycles. The van der Waals surface area contributed by atoms with Gasteiger partial charge in [-0.3, -0.25) is 9.59 Å². The number of carbonyl (C=O) groups is 2. The van der Waals surface area contributed by atoms with Crippen LogP contribution in [0, 0.1) is 0 Å². The lowest BCUT2D eigenvalue weighted by molar-refractivity contribution is -0.118. The Morgan fingerprint density at radius 1 is 1.11 bits per heavy atom. The van der Waals surface area contributed by atoms with Crippen LogP contribution in [0.1, 0.15) is 15.9 Å². The lowest BCUT2D eigenvalue weighted by atomic mass is 10.2. The van der Waals surface area contributed by atoms with Crippen LogP contribution in [-0.4, -0.2) is 62.6 Å². The topological polar surface area (TPSA) is 84.0 Å². The summed E-state index contributed by atoms with van der Waals surface area (Å²) in [4.78, 5) is 31.6. The molecule has 1 saturated heterocycles. The number of methoxy groups -OCH3 is 2. The van der Waals surface area contributed by atoms with Crippen molar-refractivity contribution < 1.29 is 19.1 Å². The third kappa shape index (κ3) is 4.51. The Balaban J connectivity index is 1.63. The van der Waals surface area contributed by atoms with E-state index in [-0.39, 0.29) is 5.91 Å². The molecule has 28 heavy (non-hydrogen) atoms. The van der Waals surface area contributed by atoms with Crippen molar-refractivity contribution >= 4 is 18.1 Å². The summed E-state index contributed by atoms with van der Waals surface area (Å²) in [6.07, 6.45) is 2.50. The lowest BCUT2D eigenvalue weighted by Gasteiger charge is -2.33. The van der Waals surface area contributed by atoms with Crippen molar-refractivity contribution in [1.29, 1.82) is 0 Å². The smallest absolute Gasteiger partial charge is 0.251 e. The number of hydrogen-bond donors (Lipinski definition) is 1. The summed E-state index contributed by atoms with van der Waals surface area (Å²) >= 11 is 0. The van der Waals surface area contributed by atoms with Crippen molar-refractivity contribution in [2.75, 3.05) is 45.3 Å². The van der Waals surface area contributed by atoms with Gasteiger partial charge in [0.25, 0.3) is 5.91 Å². The zero-order valence-electron chi connectivity index (χ0n) is 16.1. The first-order valence-electron chi connectivity index (χ1n) is 9.04. The molecule has 148 valence electrons. The zero-order valence-corrected chi connectivity index (χ0v) is 16.1. The standard InChI is InChI=1S/C20H24N4O4/c1-27-17-4-3-15(11-18(17)28-2)13-22-20(26)16-5-6-21-19(12-16)24-9-7-23(14-25)8-10-24/h3-6,11-12,14H,7-10,13H2,1-2H3,(H,22,26). The van der Waals surface area contributed by atoms with Crippen LogP contribution in [0.2, 0.25) is 0 Å². The van der Waals surface area contributed by atoms with E-state index in [1.54, 1.807) is 37.4 Å². The number of piperazine rings is 1. The zero-order chi connectivity index (χ0) is 19.9. The minimum absolute atomic E-state index is 0.176. The van der Waals surface area contributed by atoms with Crippen LogP contribution >= 0.6 is 0 Å². The fourth-order valence-corrected chi connectivity index (χ4v) is 3.06. The number of benzene rings is 1. The number of rotatable bonds is 7. The highest BCUT2D eigenvalue weighted by molar-refractivity contribution is 5.94. The molecule has 1 fully saturated rings. The summed E-state index contributed by atoms with van der Waals surface area (Å²) in [5, 5.41) is 2.91. The molecular weight excluding hydrogens is 360 g/mol. The Morgan fingerprint density at radius 2 is 1.86 bits per heavy atom. The maximum absolute atomic E-state index is 12.6. The molecule has 0 unspecified atom stereocenters. The van der Waals surface area contributed by atoms with E-state index in [0.29, 0.717) is 49.8 Å². The number of anilines is 1. The van der Waals surface area contributed by atoms with Crippen molar-refractivity contribution in [3.63, 3.8) is 0 Å². The van der Waals surface area contributed by atoms with Gasteiger partial charge < -0.3 is 24.6 Å². The molecule has 0 bridgehead atoms.